The highest BCUT2D eigenvalue weighted by Crippen LogP contribution is 2.62. The maximum atomic E-state index is 14.3. The number of epoxide rings is 1. The summed E-state index contributed by atoms with van der Waals surface area (Å²) in [6.45, 7) is 7.70. The average molecular weight is 542 g/mol. The molecule has 2 aliphatic carbocycles. The van der Waals surface area contributed by atoms with Gasteiger partial charge in [0, 0.05) is 30.7 Å². The smallest absolute Gasteiger partial charge is 0.303 e. The van der Waals surface area contributed by atoms with E-state index in [0.717, 1.165) is 5.56 Å². The predicted molar refractivity (Wildman–Crippen MR) is 140 cm³/mol. The van der Waals surface area contributed by atoms with Gasteiger partial charge in [-0.2, -0.15) is 0 Å². The lowest BCUT2D eigenvalue weighted by atomic mass is 9.48. The van der Waals surface area contributed by atoms with Crippen molar-refractivity contribution in [2.75, 3.05) is 0 Å². The maximum Gasteiger partial charge on any atom is 0.303 e. The summed E-state index contributed by atoms with van der Waals surface area (Å²) < 4.78 is 11.8. The van der Waals surface area contributed by atoms with E-state index in [2.05, 4.69) is 5.32 Å². The Kier molecular flexibility index (Phi) is 6.81. The second-order valence-corrected chi connectivity index (χ2v) is 12.3. The van der Waals surface area contributed by atoms with E-state index in [9.17, 15) is 29.7 Å². The number of hydrogen-bond donors (Lipinski definition) is 4. The molecule has 1 aromatic rings. The molecule has 9 nitrogen and oxygen atoms in total. The fourth-order valence-corrected chi connectivity index (χ4v) is 7.68. The Morgan fingerprint density at radius 3 is 2.46 bits per heavy atom. The van der Waals surface area contributed by atoms with Crippen LogP contribution in [0.4, 0.5) is 0 Å². The van der Waals surface area contributed by atoms with Gasteiger partial charge in [0.2, 0.25) is 5.91 Å². The number of ether oxygens (including phenoxy) is 2. The van der Waals surface area contributed by atoms with Gasteiger partial charge < -0.3 is 30.1 Å². The number of hydrogen-bond acceptors (Lipinski definition) is 8. The van der Waals surface area contributed by atoms with E-state index in [1.54, 1.807) is 32.9 Å². The number of carbonyl (C=O) groups excluding carboxylic acids is 3. The zero-order valence-corrected chi connectivity index (χ0v) is 23.0. The molecule has 12 atom stereocenters. The van der Waals surface area contributed by atoms with Crippen molar-refractivity contribution in [3.8, 4) is 0 Å². The number of aliphatic hydroxyl groups excluding tert-OH is 1. The molecule has 4 aliphatic rings. The first-order valence-electron chi connectivity index (χ1n) is 13.8. The van der Waals surface area contributed by atoms with E-state index < -0.39 is 88.4 Å². The van der Waals surface area contributed by atoms with E-state index in [1.165, 1.54) is 13.8 Å². The lowest BCUT2D eigenvalue weighted by Crippen LogP contribution is -2.69. The van der Waals surface area contributed by atoms with Crippen LogP contribution in [0, 0.1) is 29.1 Å². The number of rotatable bonds is 3. The summed E-state index contributed by atoms with van der Waals surface area (Å²) in [6.07, 6.45) is -0.452. The standard InChI is InChI=1S/C30H39NO8/c1-15-10-9-13-19-24(34)28(4,36)16(2)21-20(14-18-11-7-6-8-12-18)31-27(35)30(19,21)26(38-17(3)32)22-25(39-22)29(5,37)23(15)33/h6-9,11-13,15-16,19-22,24-26,34,36-37H,10,14H2,1-5H3,(H,31,35)/b13-9+/t15-,16-,19-,20-,21-,22+,24-,25-,26+,28+,29-,30-/m0/s1. The van der Waals surface area contributed by atoms with Crippen molar-refractivity contribution in [3.05, 3.63) is 48.0 Å². The first-order valence-corrected chi connectivity index (χ1v) is 13.8. The van der Waals surface area contributed by atoms with Gasteiger partial charge >= 0.3 is 5.97 Å². The highest BCUT2D eigenvalue weighted by molar-refractivity contribution is 5.91. The van der Waals surface area contributed by atoms with Crippen LogP contribution in [0.15, 0.2) is 42.5 Å². The van der Waals surface area contributed by atoms with Gasteiger partial charge in [0.05, 0.1) is 11.7 Å². The summed E-state index contributed by atoms with van der Waals surface area (Å²) in [4.78, 5) is 40.1. The first kappa shape index (κ1) is 28.0. The van der Waals surface area contributed by atoms with E-state index in [-0.39, 0.29) is 6.42 Å². The molecule has 4 N–H and O–H groups in total. The molecule has 1 saturated carbocycles. The molecule has 1 amide bonds. The van der Waals surface area contributed by atoms with Gasteiger partial charge in [-0.3, -0.25) is 14.4 Å². The van der Waals surface area contributed by atoms with Crippen LogP contribution in [-0.2, 0) is 30.3 Å². The zero-order chi connectivity index (χ0) is 28.5. The van der Waals surface area contributed by atoms with Crippen LogP contribution in [0.2, 0.25) is 0 Å². The third-order valence-corrected chi connectivity index (χ3v) is 9.87. The monoisotopic (exact) mass is 541 g/mol. The topological polar surface area (TPSA) is 146 Å². The quantitative estimate of drug-likeness (QED) is 0.255. The Morgan fingerprint density at radius 1 is 1.15 bits per heavy atom. The van der Waals surface area contributed by atoms with Gasteiger partial charge in [0.1, 0.15) is 29.3 Å². The van der Waals surface area contributed by atoms with Gasteiger partial charge in [-0.15, -0.1) is 0 Å². The maximum absolute atomic E-state index is 14.3. The predicted octanol–water partition coefficient (Wildman–Crippen LogP) is 1.32. The highest BCUT2D eigenvalue weighted by Gasteiger charge is 2.76. The minimum absolute atomic E-state index is 0.251. The van der Waals surface area contributed by atoms with Gasteiger partial charge in [0.15, 0.2) is 5.78 Å². The number of esters is 1. The van der Waals surface area contributed by atoms with E-state index in [0.29, 0.717) is 6.42 Å². The van der Waals surface area contributed by atoms with Crippen molar-refractivity contribution < 1.29 is 39.2 Å². The van der Waals surface area contributed by atoms with Gasteiger partial charge in [-0.25, -0.2) is 0 Å². The molecule has 3 fully saturated rings. The summed E-state index contributed by atoms with van der Waals surface area (Å²) in [5.41, 5.74) is -4.00. The minimum Gasteiger partial charge on any atom is -0.458 e. The molecule has 1 spiro atoms. The second-order valence-electron chi connectivity index (χ2n) is 12.3. The van der Waals surface area contributed by atoms with Crippen molar-refractivity contribution in [2.24, 2.45) is 29.1 Å². The largest absolute Gasteiger partial charge is 0.458 e. The molecule has 2 aliphatic heterocycles. The van der Waals surface area contributed by atoms with Crippen molar-refractivity contribution >= 4 is 17.7 Å². The second kappa shape index (κ2) is 9.51. The molecule has 2 heterocycles. The highest BCUT2D eigenvalue weighted by atomic mass is 16.6. The zero-order valence-electron chi connectivity index (χ0n) is 23.0. The number of amides is 1. The van der Waals surface area contributed by atoms with Crippen molar-refractivity contribution in [2.45, 2.75) is 89.1 Å². The number of aliphatic hydroxyl groups is 3. The number of nitrogens with one attached hydrogen (secondary N) is 1. The number of fused-ring (bicyclic) bond motifs is 1. The number of allylic oxidation sites excluding steroid dienone is 1. The Bertz CT molecular complexity index is 1180. The lowest BCUT2D eigenvalue weighted by molar-refractivity contribution is -0.224. The molecular formula is C30H39NO8. The van der Waals surface area contributed by atoms with Crippen molar-refractivity contribution in [3.63, 3.8) is 0 Å². The third-order valence-electron chi connectivity index (χ3n) is 9.87. The Labute approximate surface area is 228 Å². The number of benzene rings is 1. The van der Waals surface area contributed by atoms with E-state index in [1.807, 2.05) is 30.3 Å². The molecule has 212 valence electrons. The third kappa shape index (κ3) is 4.17. The lowest BCUT2D eigenvalue weighted by Gasteiger charge is -2.57. The van der Waals surface area contributed by atoms with Crippen LogP contribution >= 0.6 is 0 Å². The minimum atomic E-state index is -1.87. The van der Waals surface area contributed by atoms with Gasteiger partial charge in [0.25, 0.3) is 0 Å². The molecule has 0 bridgehead atoms. The molecule has 0 radical (unpaired) electrons. The molecule has 2 saturated heterocycles. The Hall–Kier alpha value is -2.59. The SMILES string of the molecule is CC(=O)O[C@@H]1[C@@H]2O[C@@H]2[C@@](C)(O)C(=O)[C@@H](C)C/C=C/[C@H]2[C@H](O)[C@](C)(O)[C@@H](C)[C@H]3[C@H](Cc4ccccc4)NC(=O)[C@@]312. The number of ketones is 1. The van der Waals surface area contributed by atoms with Gasteiger partial charge in [-0.1, -0.05) is 56.3 Å². The van der Waals surface area contributed by atoms with Crippen LogP contribution in [0.25, 0.3) is 0 Å². The summed E-state index contributed by atoms with van der Waals surface area (Å²) >= 11 is 0. The molecule has 9 heteroatoms. The van der Waals surface area contributed by atoms with Crippen molar-refractivity contribution in [1.82, 2.24) is 5.32 Å². The Balaban J connectivity index is 1.72. The summed E-state index contributed by atoms with van der Waals surface area (Å²) in [7, 11) is 0. The average Bonchev–Trinajstić information content (AvgIpc) is 3.63. The summed E-state index contributed by atoms with van der Waals surface area (Å²) in [5.74, 6) is -4.21. The van der Waals surface area contributed by atoms with Crippen molar-refractivity contribution in [1.29, 1.82) is 0 Å². The van der Waals surface area contributed by atoms with E-state index in [4.69, 9.17) is 9.47 Å². The fraction of sp³-hybridized carbons (Fsp3) is 0.633. The molecule has 39 heavy (non-hydrogen) atoms. The molecular weight excluding hydrogens is 502 g/mol. The van der Waals surface area contributed by atoms with Crippen LogP contribution in [0.3, 0.4) is 0 Å². The number of carbonyl (C=O) groups is 3. The van der Waals surface area contributed by atoms with Gasteiger partial charge in [-0.05, 0) is 38.2 Å². The molecule has 1 aromatic carbocycles. The molecule has 0 aromatic heterocycles. The van der Waals surface area contributed by atoms with Crippen LogP contribution in [-0.4, -0.2) is 74.6 Å². The van der Waals surface area contributed by atoms with E-state index >= 15 is 0 Å². The summed E-state index contributed by atoms with van der Waals surface area (Å²) in [6, 6.07) is 9.19. The van der Waals surface area contributed by atoms with Crippen LogP contribution in [0.1, 0.15) is 46.6 Å². The summed E-state index contributed by atoms with van der Waals surface area (Å²) in [5, 5.41) is 37.8. The number of Topliss-reactive ketones (excluding diaryl/α,β-unsaturated/α-hetero) is 1. The van der Waals surface area contributed by atoms with Crippen LogP contribution < -0.4 is 5.32 Å². The normalized spacial score (nSPS) is 48.1. The fourth-order valence-electron chi connectivity index (χ4n) is 7.68. The first-order chi connectivity index (χ1) is 18.2. The Morgan fingerprint density at radius 2 is 1.82 bits per heavy atom. The molecule has 5 rings (SSSR count). The van der Waals surface area contributed by atoms with Crippen LogP contribution in [0.5, 0.6) is 0 Å². The molecule has 0 unspecified atom stereocenters.